The topological polar surface area (TPSA) is 27.7 Å². The monoisotopic (exact) mass is 380 g/mol. The van der Waals surface area contributed by atoms with Crippen LogP contribution >= 0.6 is 11.8 Å². The molecule has 140 valence electrons. The molecule has 0 radical (unpaired) electrons. The van der Waals surface area contributed by atoms with Crippen LogP contribution in [0.15, 0.2) is 29.2 Å². The smallest absolute Gasteiger partial charge is 0.349 e. The Hall–Kier alpha value is -0.333. The summed E-state index contributed by atoms with van der Waals surface area (Å²) in [5.41, 5.74) is 1.43. The first kappa shape index (κ1) is 19.4. The molecule has 5 heteroatoms. The number of benzene rings is 1. The quantitative estimate of drug-likeness (QED) is 0.619. The molecule has 3 atom stereocenters. The number of thioether (sulfide) groups is 1. The van der Waals surface area contributed by atoms with Gasteiger partial charge in [0.2, 0.25) is 0 Å². The van der Waals surface area contributed by atoms with Crippen molar-refractivity contribution in [2.24, 2.45) is 0 Å². The zero-order valence-corrected chi connectivity index (χ0v) is 18.4. The van der Waals surface area contributed by atoms with Gasteiger partial charge < -0.3 is 13.6 Å². The summed E-state index contributed by atoms with van der Waals surface area (Å²) in [4.78, 5) is 1.25. The van der Waals surface area contributed by atoms with Gasteiger partial charge in [-0.25, -0.2) is 0 Å². The number of hydrogen-bond acceptors (Lipinski definition) is 4. The summed E-state index contributed by atoms with van der Waals surface area (Å²) >= 11 is 1.80. The second-order valence-electron chi connectivity index (χ2n) is 9.35. The lowest BCUT2D eigenvalue weighted by Gasteiger charge is -2.53. The summed E-state index contributed by atoms with van der Waals surface area (Å²) in [6, 6.07) is 8.65. The van der Waals surface area contributed by atoms with Crippen molar-refractivity contribution < 1.29 is 13.6 Å². The molecule has 0 spiro atoms. The van der Waals surface area contributed by atoms with Crippen molar-refractivity contribution >= 4 is 20.3 Å². The molecule has 1 aromatic carbocycles. The second kappa shape index (κ2) is 6.68. The summed E-state index contributed by atoms with van der Waals surface area (Å²) in [7, 11) is -2.39. The third-order valence-corrected chi connectivity index (χ3v) is 11.5. The zero-order chi connectivity index (χ0) is 18.5. The highest BCUT2D eigenvalue weighted by atomic mass is 32.2. The maximum atomic E-state index is 6.79. The molecule has 3 rings (SSSR count). The normalized spacial score (nSPS) is 29.5. The van der Waals surface area contributed by atoms with Crippen LogP contribution in [0.25, 0.3) is 0 Å². The van der Waals surface area contributed by atoms with E-state index < -0.39 is 8.56 Å². The van der Waals surface area contributed by atoms with Crippen LogP contribution in [0.4, 0.5) is 0 Å². The van der Waals surface area contributed by atoms with E-state index in [4.69, 9.17) is 13.6 Å². The van der Waals surface area contributed by atoms with Gasteiger partial charge in [0.05, 0.1) is 12.7 Å². The molecule has 0 N–H and O–H groups in total. The fourth-order valence-electron chi connectivity index (χ4n) is 4.15. The van der Waals surface area contributed by atoms with Gasteiger partial charge in [-0.15, -0.1) is 0 Å². The van der Waals surface area contributed by atoms with E-state index in [9.17, 15) is 0 Å². The first-order valence-electron chi connectivity index (χ1n) is 9.22. The van der Waals surface area contributed by atoms with Crippen molar-refractivity contribution in [3.8, 4) is 0 Å². The molecule has 0 bridgehead atoms. The van der Waals surface area contributed by atoms with Crippen LogP contribution in [0.2, 0.25) is 10.1 Å². The van der Waals surface area contributed by atoms with E-state index in [1.807, 2.05) is 0 Å². The minimum Gasteiger partial charge on any atom is -0.391 e. The van der Waals surface area contributed by atoms with Crippen LogP contribution < -0.4 is 0 Å². The first-order chi connectivity index (χ1) is 11.5. The predicted molar refractivity (Wildman–Crippen MR) is 106 cm³/mol. The van der Waals surface area contributed by atoms with Crippen molar-refractivity contribution in [3.05, 3.63) is 29.8 Å². The predicted octanol–water partition coefficient (Wildman–Crippen LogP) is 5.66. The molecular weight excluding hydrogens is 348 g/mol. The number of aryl methyl sites for hydroxylation is 1. The molecule has 2 saturated heterocycles. The van der Waals surface area contributed by atoms with Gasteiger partial charge >= 0.3 is 8.56 Å². The molecular formula is C20H32O3SSi. The van der Waals surface area contributed by atoms with Crippen molar-refractivity contribution in [2.45, 2.75) is 87.5 Å². The van der Waals surface area contributed by atoms with Gasteiger partial charge in [-0.1, -0.05) is 71.0 Å². The van der Waals surface area contributed by atoms with E-state index in [-0.39, 0.29) is 27.7 Å². The number of ether oxygens (including phenoxy) is 1. The Labute approximate surface area is 158 Å². The fourth-order valence-corrected chi connectivity index (χ4v) is 10.2. The zero-order valence-electron chi connectivity index (χ0n) is 16.6. The standard InChI is InChI=1S/C20H32O3SSi/c1-14-8-10-15(11-9-14)24-18-12-16-17(22-18)13-21-25(23-16,19(2,3)4)20(5,6)7/h8-11,16-18H,12-13H2,1-7H3/t16-,17+,18?/m0/s1. The van der Waals surface area contributed by atoms with Crippen molar-refractivity contribution in [1.29, 1.82) is 0 Å². The van der Waals surface area contributed by atoms with Gasteiger partial charge in [0.1, 0.15) is 11.5 Å². The van der Waals surface area contributed by atoms with Crippen LogP contribution in [-0.4, -0.2) is 32.8 Å². The van der Waals surface area contributed by atoms with Crippen LogP contribution in [0.3, 0.4) is 0 Å². The van der Waals surface area contributed by atoms with Crippen molar-refractivity contribution in [2.75, 3.05) is 6.61 Å². The average Bonchev–Trinajstić information content (AvgIpc) is 2.88. The van der Waals surface area contributed by atoms with Crippen LogP contribution in [0, 0.1) is 6.92 Å². The van der Waals surface area contributed by atoms with E-state index in [1.54, 1.807) is 11.8 Å². The van der Waals surface area contributed by atoms with E-state index in [2.05, 4.69) is 72.7 Å². The Kier molecular flexibility index (Phi) is 5.19. The van der Waals surface area contributed by atoms with Crippen LogP contribution in [0.5, 0.6) is 0 Å². The lowest BCUT2D eigenvalue weighted by Crippen LogP contribution is -2.64. The summed E-state index contributed by atoms with van der Waals surface area (Å²) in [5, 5.41) is 0.0524. The molecule has 1 unspecified atom stereocenters. The summed E-state index contributed by atoms with van der Waals surface area (Å²) < 4.78 is 19.6. The second-order valence-corrected chi connectivity index (χ2v) is 15.3. The molecule has 0 amide bonds. The van der Waals surface area contributed by atoms with E-state index in [0.717, 1.165) is 6.42 Å². The van der Waals surface area contributed by atoms with Crippen LogP contribution in [-0.2, 0) is 13.6 Å². The van der Waals surface area contributed by atoms with Gasteiger partial charge in [0.25, 0.3) is 0 Å². The number of hydrogen-bond donors (Lipinski definition) is 0. The molecule has 2 aliphatic rings. The lowest BCUT2D eigenvalue weighted by molar-refractivity contribution is -0.0585. The molecule has 0 saturated carbocycles. The molecule has 2 heterocycles. The average molecular weight is 381 g/mol. The van der Waals surface area contributed by atoms with E-state index in [0.29, 0.717) is 6.61 Å². The van der Waals surface area contributed by atoms with E-state index >= 15 is 0 Å². The van der Waals surface area contributed by atoms with Gasteiger partial charge in [0, 0.05) is 21.4 Å². The third-order valence-electron chi connectivity index (χ3n) is 5.20. The van der Waals surface area contributed by atoms with E-state index in [1.165, 1.54) is 10.5 Å². The van der Waals surface area contributed by atoms with Crippen molar-refractivity contribution in [1.82, 2.24) is 0 Å². The maximum Gasteiger partial charge on any atom is 0.349 e. The molecule has 0 aromatic heterocycles. The Morgan fingerprint density at radius 1 is 0.960 bits per heavy atom. The van der Waals surface area contributed by atoms with Crippen molar-refractivity contribution in [3.63, 3.8) is 0 Å². The minimum atomic E-state index is -2.39. The molecule has 2 aliphatic heterocycles. The van der Waals surface area contributed by atoms with Crippen LogP contribution in [0.1, 0.15) is 53.5 Å². The SMILES string of the molecule is Cc1ccc(SC2C[C@@H]3O[Si](C(C)(C)C)(C(C)(C)C)OC[C@H]3O2)cc1. The van der Waals surface area contributed by atoms with Gasteiger partial charge in [-0.2, -0.15) is 0 Å². The molecule has 1 aromatic rings. The highest BCUT2D eigenvalue weighted by Crippen LogP contribution is 2.55. The highest BCUT2D eigenvalue weighted by molar-refractivity contribution is 7.99. The molecule has 25 heavy (non-hydrogen) atoms. The summed E-state index contributed by atoms with van der Waals surface area (Å²) in [5.74, 6) is 0. The molecule has 0 aliphatic carbocycles. The Bertz CT molecular complexity index is 589. The Balaban J connectivity index is 1.73. The van der Waals surface area contributed by atoms with Gasteiger partial charge in [-0.05, 0) is 19.1 Å². The Morgan fingerprint density at radius 2 is 1.56 bits per heavy atom. The number of rotatable bonds is 2. The summed E-state index contributed by atoms with van der Waals surface area (Å²) in [6.45, 7) is 16.4. The van der Waals surface area contributed by atoms with Gasteiger partial charge in [0.15, 0.2) is 0 Å². The fraction of sp³-hybridized carbons (Fsp3) is 0.700. The minimum absolute atomic E-state index is 0.0262. The molecule has 2 fully saturated rings. The highest BCUT2D eigenvalue weighted by Gasteiger charge is 2.63. The third kappa shape index (κ3) is 3.72. The molecule has 3 nitrogen and oxygen atoms in total. The lowest BCUT2D eigenvalue weighted by atomic mass is 10.2. The number of fused-ring (bicyclic) bond motifs is 1. The Morgan fingerprint density at radius 3 is 2.12 bits per heavy atom. The largest absolute Gasteiger partial charge is 0.391 e. The summed E-state index contributed by atoms with van der Waals surface area (Å²) in [6.07, 6.45) is 1.16. The van der Waals surface area contributed by atoms with Gasteiger partial charge in [-0.3, -0.25) is 0 Å². The maximum absolute atomic E-state index is 6.79. The first-order valence-corrected chi connectivity index (χ1v) is 11.9.